The molecule has 0 atom stereocenters. The number of morpholine rings is 1. The maximum Gasteiger partial charge on any atom is 0.123 e. The molecule has 108 valence electrons. The number of halogens is 1. The van der Waals surface area contributed by atoms with Crippen LogP contribution < -0.4 is 10.4 Å². The van der Waals surface area contributed by atoms with Crippen LogP contribution in [0.4, 0.5) is 10.1 Å². The van der Waals surface area contributed by atoms with Gasteiger partial charge in [-0.15, -0.1) is 0 Å². The fourth-order valence-corrected chi connectivity index (χ4v) is 2.65. The number of benzene rings is 1. The van der Waals surface area contributed by atoms with E-state index in [-0.39, 0.29) is 5.82 Å². The molecule has 0 saturated carbocycles. The van der Waals surface area contributed by atoms with Gasteiger partial charge in [-0.3, -0.25) is 10.4 Å². The largest absolute Gasteiger partial charge is 0.378 e. The fraction of sp³-hybridized carbons (Fsp3) is 0.467. The highest BCUT2D eigenvalue weighted by Gasteiger charge is 2.25. The van der Waals surface area contributed by atoms with Gasteiger partial charge in [0, 0.05) is 13.1 Å². The Bertz CT molecular complexity index is 494. The monoisotopic (exact) mass is 277 g/mol. The lowest BCUT2D eigenvalue weighted by atomic mass is 10.2. The van der Waals surface area contributed by atoms with Crippen molar-refractivity contribution < 1.29 is 9.13 Å². The van der Waals surface area contributed by atoms with Gasteiger partial charge in [0.1, 0.15) is 11.6 Å². The van der Waals surface area contributed by atoms with Gasteiger partial charge in [0.05, 0.1) is 25.4 Å². The smallest absolute Gasteiger partial charge is 0.123 e. The average molecular weight is 277 g/mol. The molecule has 1 N–H and O–H groups in total. The van der Waals surface area contributed by atoms with Crippen molar-refractivity contribution in [3.05, 3.63) is 41.5 Å². The van der Waals surface area contributed by atoms with Gasteiger partial charge in [0.15, 0.2) is 0 Å². The van der Waals surface area contributed by atoms with Crippen LogP contribution in [0.15, 0.2) is 35.7 Å². The molecule has 1 aromatic carbocycles. The second-order valence-electron chi connectivity index (χ2n) is 5.08. The Balaban J connectivity index is 1.75. The molecular formula is C15H20FN3O. The Morgan fingerprint density at radius 2 is 1.90 bits per heavy atom. The molecule has 0 unspecified atom stereocenters. The van der Waals surface area contributed by atoms with E-state index in [2.05, 4.69) is 22.3 Å². The van der Waals surface area contributed by atoms with Crippen LogP contribution in [0.2, 0.25) is 0 Å². The summed E-state index contributed by atoms with van der Waals surface area (Å²) in [5, 5.41) is 2.07. The lowest BCUT2D eigenvalue weighted by Gasteiger charge is -2.31. The van der Waals surface area contributed by atoms with E-state index in [9.17, 15) is 4.39 Å². The van der Waals surface area contributed by atoms with E-state index in [0.29, 0.717) is 0 Å². The molecule has 1 fully saturated rings. The number of hydrazine groups is 1. The van der Waals surface area contributed by atoms with E-state index in [1.165, 1.54) is 23.5 Å². The van der Waals surface area contributed by atoms with Crippen LogP contribution in [0.1, 0.15) is 13.3 Å². The third-order valence-corrected chi connectivity index (χ3v) is 3.82. The molecule has 0 spiro atoms. The van der Waals surface area contributed by atoms with Gasteiger partial charge in [-0.2, -0.15) is 0 Å². The molecule has 0 amide bonds. The molecule has 0 radical (unpaired) electrons. The summed E-state index contributed by atoms with van der Waals surface area (Å²) < 4.78 is 18.4. The Kier molecular flexibility index (Phi) is 3.78. The highest BCUT2D eigenvalue weighted by molar-refractivity contribution is 5.49. The van der Waals surface area contributed by atoms with Crippen LogP contribution in [0.5, 0.6) is 0 Å². The molecular weight excluding hydrogens is 257 g/mol. The first-order valence-electron chi connectivity index (χ1n) is 7.12. The Hall–Kier alpha value is -1.75. The fourth-order valence-electron chi connectivity index (χ4n) is 2.65. The maximum atomic E-state index is 13.0. The van der Waals surface area contributed by atoms with E-state index in [1.807, 2.05) is 0 Å². The van der Waals surface area contributed by atoms with E-state index in [1.54, 1.807) is 12.1 Å². The van der Waals surface area contributed by atoms with Crippen molar-refractivity contribution in [2.45, 2.75) is 13.3 Å². The predicted molar refractivity (Wildman–Crippen MR) is 76.6 cm³/mol. The summed E-state index contributed by atoms with van der Waals surface area (Å²) in [7, 11) is 0. The molecule has 2 aliphatic rings. The normalized spacial score (nSPS) is 19.5. The van der Waals surface area contributed by atoms with Gasteiger partial charge in [-0.1, -0.05) is 6.92 Å². The van der Waals surface area contributed by atoms with Crippen molar-refractivity contribution in [1.82, 2.24) is 10.3 Å². The highest BCUT2D eigenvalue weighted by atomic mass is 19.1. The van der Waals surface area contributed by atoms with Gasteiger partial charge < -0.3 is 9.64 Å². The summed E-state index contributed by atoms with van der Waals surface area (Å²) in [5.41, 5.74) is 5.83. The Morgan fingerprint density at radius 1 is 1.20 bits per heavy atom. The molecule has 20 heavy (non-hydrogen) atoms. The topological polar surface area (TPSA) is 27.7 Å². The summed E-state index contributed by atoms with van der Waals surface area (Å²) in [6, 6.07) is 6.60. The Morgan fingerprint density at radius 3 is 2.55 bits per heavy atom. The summed E-state index contributed by atoms with van der Waals surface area (Å²) in [5.74, 6) is 0.991. The first-order valence-corrected chi connectivity index (χ1v) is 7.12. The van der Waals surface area contributed by atoms with Crippen LogP contribution in [0.3, 0.4) is 0 Å². The number of hydrogen-bond donors (Lipinski definition) is 1. The lowest BCUT2D eigenvalue weighted by molar-refractivity contribution is 0.0505. The van der Waals surface area contributed by atoms with Crippen molar-refractivity contribution in [2.75, 3.05) is 37.9 Å². The standard InChI is InChI=1S/C15H20FN3O/c1-2-12-11-19(14-5-3-13(16)4-6-14)17-15(12)18-7-9-20-10-8-18/h3-6,17H,2,7-11H2,1H3. The van der Waals surface area contributed by atoms with Crippen molar-refractivity contribution in [2.24, 2.45) is 0 Å². The van der Waals surface area contributed by atoms with Crippen LogP contribution in [0.25, 0.3) is 0 Å². The highest BCUT2D eigenvalue weighted by Crippen LogP contribution is 2.25. The second kappa shape index (κ2) is 5.71. The van der Waals surface area contributed by atoms with Crippen LogP contribution in [-0.4, -0.2) is 37.7 Å². The SMILES string of the molecule is CCC1=C(N2CCOCC2)NN(c2ccc(F)cc2)C1. The minimum absolute atomic E-state index is 0.204. The first-order chi connectivity index (χ1) is 9.78. The van der Waals surface area contributed by atoms with Gasteiger partial charge >= 0.3 is 0 Å². The molecule has 5 heteroatoms. The molecule has 1 aromatic rings. The number of anilines is 1. The number of nitrogens with zero attached hydrogens (tertiary/aromatic N) is 2. The number of ether oxygens (including phenoxy) is 1. The zero-order chi connectivity index (χ0) is 13.9. The van der Waals surface area contributed by atoms with Gasteiger partial charge in [0.25, 0.3) is 0 Å². The van der Waals surface area contributed by atoms with E-state index >= 15 is 0 Å². The molecule has 2 heterocycles. The lowest BCUT2D eigenvalue weighted by Crippen LogP contribution is -2.42. The van der Waals surface area contributed by atoms with Crippen molar-refractivity contribution in [3.63, 3.8) is 0 Å². The zero-order valence-electron chi connectivity index (χ0n) is 11.7. The zero-order valence-corrected chi connectivity index (χ0v) is 11.7. The van der Waals surface area contributed by atoms with E-state index < -0.39 is 0 Å². The van der Waals surface area contributed by atoms with Crippen LogP contribution >= 0.6 is 0 Å². The molecule has 0 aromatic heterocycles. The van der Waals surface area contributed by atoms with Crippen molar-refractivity contribution in [1.29, 1.82) is 0 Å². The predicted octanol–water partition coefficient (Wildman–Crippen LogP) is 2.10. The first kappa shape index (κ1) is 13.2. The van der Waals surface area contributed by atoms with Gasteiger partial charge in [-0.05, 0) is 36.3 Å². The Labute approximate surface area is 118 Å². The van der Waals surface area contributed by atoms with Crippen molar-refractivity contribution >= 4 is 5.69 Å². The van der Waals surface area contributed by atoms with E-state index in [0.717, 1.165) is 45.0 Å². The van der Waals surface area contributed by atoms with Crippen molar-refractivity contribution in [3.8, 4) is 0 Å². The summed E-state index contributed by atoms with van der Waals surface area (Å²) in [6.07, 6.45) is 1.01. The molecule has 0 aliphatic carbocycles. The van der Waals surface area contributed by atoms with Gasteiger partial charge in [0.2, 0.25) is 0 Å². The van der Waals surface area contributed by atoms with Gasteiger partial charge in [-0.25, -0.2) is 4.39 Å². The number of nitrogens with one attached hydrogen (secondary N) is 1. The maximum absolute atomic E-state index is 13.0. The molecule has 2 aliphatic heterocycles. The second-order valence-corrected chi connectivity index (χ2v) is 5.08. The minimum Gasteiger partial charge on any atom is -0.378 e. The molecule has 3 rings (SSSR count). The quantitative estimate of drug-likeness (QED) is 0.916. The van der Waals surface area contributed by atoms with Crippen LogP contribution in [0, 0.1) is 5.82 Å². The molecule has 1 saturated heterocycles. The third-order valence-electron chi connectivity index (χ3n) is 3.82. The summed E-state index contributed by atoms with van der Waals surface area (Å²) in [4.78, 5) is 2.34. The number of rotatable bonds is 3. The third kappa shape index (κ3) is 2.58. The summed E-state index contributed by atoms with van der Waals surface area (Å²) >= 11 is 0. The molecule has 4 nitrogen and oxygen atoms in total. The number of hydrogen-bond acceptors (Lipinski definition) is 4. The minimum atomic E-state index is -0.204. The summed E-state index contributed by atoms with van der Waals surface area (Å²) in [6.45, 7) is 6.41. The van der Waals surface area contributed by atoms with E-state index in [4.69, 9.17) is 4.74 Å². The average Bonchev–Trinajstić information content (AvgIpc) is 2.93. The molecule has 0 bridgehead atoms. The van der Waals surface area contributed by atoms with Crippen LogP contribution in [-0.2, 0) is 4.74 Å².